The minimum absolute atomic E-state index is 0.156. The first-order valence-electron chi connectivity index (χ1n) is 7.30. The van der Waals surface area contributed by atoms with E-state index in [0.717, 1.165) is 19.3 Å². The molecule has 0 radical (unpaired) electrons. The number of carbonyl (C=O) groups excluding carboxylic acids is 2. The van der Waals surface area contributed by atoms with Crippen LogP contribution >= 0.6 is 0 Å². The first-order chi connectivity index (χ1) is 9.46. The molecule has 0 aliphatic heterocycles. The molecule has 0 aromatic carbocycles. The smallest absolute Gasteiger partial charge is 0.235 e. The minimum Gasteiger partial charge on any atom is -0.394 e. The van der Waals surface area contributed by atoms with E-state index in [4.69, 9.17) is 10.2 Å². The van der Waals surface area contributed by atoms with E-state index in [1.807, 2.05) is 0 Å². The van der Waals surface area contributed by atoms with Crippen LogP contribution < -0.4 is 10.6 Å². The molecule has 0 heterocycles. The Kier molecular flexibility index (Phi) is 6.42. The Morgan fingerprint density at radius 3 is 1.70 bits per heavy atom. The summed E-state index contributed by atoms with van der Waals surface area (Å²) >= 11 is 0. The van der Waals surface area contributed by atoms with Crippen molar-refractivity contribution in [3.63, 3.8) is 0 Å². The molecule has 1 fully saturated rings. The summed E-state index contributed by atoms with van der Waals surface area (Å²) in [6.07, 6.45) is 3.72. The van der Waals surface area contributed by atoms with Crippen LogP contribution in [0.1, 0.15) is 46.0 Å². The van der Waals surface area contributed by atoms with Gasteiger partial charge in [-0.1, -0.05) is 19.3 Å². The quantitative estimate of drug-likeness (QED) is 0.514. The Bertz CT molecular complexity index is 314. The molecule has 1 aliphatic carbocycles. The maximum absolute atomic E-state index is 12.5. The third kappa shape index (κ3) is 3.93. The van der Waals surface area contributed by atoms with E-state index in [1.165, 1.54) is 0 Å². The molecule has 1 rings (SSSR count). The van der Waals surface area contributed by atoms with Gasteiger partial charge in [0.2, 0.25) is 11.8 Å². The lowest BCUT2D eigenvalue weighted by molar-refractivity contribution is -0.147. The van der Waals surface area contributed by atoms with Gasteiger partial charge in [0, 0.05) is 12.1 Å². The second-order valence-corrected chi connectivity index (χ2v) is 5.76. The molecule has 4 N–H and O–H groups in total. The second-order valence-electron chi connectivity index (χ2n) is 5.76. The molecule has 116 valence electrons. The van der Waals surface area contributed by atoms with Crippen LogP contribution in [-0.2, 0) is 9.59 Å². The summed E-state index contributed by atoms with van der Waals surface area (Å²) in [6.45, 7) is 3.08. The van der Waals surface area contributed by atoms with Crippen LogP contribution in [0.15, 0.2) is 0 Å². The van der Waals surface area contributed by atoms with E-state index in [2.05, 4.69) is 10.6 Å². The van der Waals surface area contributed by atoms with Gasteiger partial charge >= 0.3 is 0 Å². The zero-order valence-electron chi connectivity index (χ0n) is 12.3. The Hall–Kier alpha value is -1.14. The fourth-order valence-electron chi connectivity index (χ4n) is 2.53. The van der Waals surface area contributed by atoms with Crippen molar-refractivity contribution in [2.24, 2.45) is 5.41 Å². The first kappa shape index (κ1) is 16.9. The normalized spacial score (nSPS) is 20.8. The van der Waals surface area contributed by atoms with Crippen molar-refractivity contribution in [3.8, 4) is 0 Å². The number of nitrogens with one attached hydrogen (secondary N) is 2. The van der Waals surface area contributed by atoms with Gasteiger partial charge in [-0.3, -0.25) is 9.59 Å². The summed E-state index contributed by atoms with van der Waals surface area (Å²) in [4.78, 5) is 24.9. The van der Waals surface area contributed by atoms with Gasteiger partial charge < -0.3 is 20.8 Å². The minimum atomic E-state index is -1.06. The van der Waals surface area contributed by atoms with Gasteiger partial charge in [-0.2, -0.15) is 0 Å². The second kappa shape index (κ2) is 7.59. The molecule has 0 aromatic heterocycles. The van der Waals surface area contributed by atoms with Crippen LogP contribution in [0.2, 0.25) is 0 Å². The van der Waals surface area contributed by atoms with E-state index in [1.54, 1.807) is 13.8 Å². The predicted molar refractivity (Wildman–Crippen MR) is 74.9 cm³/mol. The predicted octanol–water partition coefficient (Wildman–Crippen LogP) is -0.0691. The first-order valence-corrected chi connectivity index (χ1v) is 7.30. The SMILES string of the molecule is C[C@H](CO)NC(=O)C1(C(=O)N[C@H](C)CO)CCCCC1. The van der Waals surface area contributed by atoms with Gasteiger partial charge in [0.1, 0.15) is 5.41 Å². The van der Waals surface area contributed by atoms with Crippen molar-refractivity contribution in [2.45, 2.75) is 58.0 Å². The third-order valence-electron chi connectivity index (χ3n) is 3.88. The fraction of sp³-hybridized carbons (Fsp3) is 0.857. The van der Waals surface area contributed by atoms with Gasteiger partial charge in [-0.05, 0) is 26.7 Å². The van der Waals surface area contributed by atoms with Crippen molar-refractivity contribution < 1.29 is 19.8 Å². The summed E-state index contributed by atoms with van der Waals surface area (Å²) in [5.74, 6) is -0.636. The number of aliphatic hydroxyl groups excluding tert-OH is 2. The van der Waals surface area contributed by atoms with Crippen LogP contribution in [0.25, 0.3) is 0 Å². The molecule has 0 saturated heterocycles. The Morgan fingerprint density at radius 1 is 0.950 bits per heavy atom. The number of aliphatic hydroxyl groups is 2. The summed E-state index contributed by atoms with van der Waals surface area (Å²) in [6, 6.07) is -0.742. The highest BCUT2D eigenvalue weighted by Crippen LogP contribution is 2.37. The lowest BCUT2D eigenvalue weighted by atomic mass is 9.72. The van der Waals surface area contributed by atoms with Gasteiger partial charge in [-0.15, -0.1) is 0 Å². The van der Waals surface area contributed by atoms with E-state index in [-0.39, 0.29) is 37.1 Å². The van der Waals surface area contributed by atoms with Gasteiger partial charge in [0.05, 0.1) is 13.2 Å². The van der Waals surface area contributed by atoms with Crippen molar-refractivity contribution >= 4 is 11.8 Å². The van der Waals surface area contributed by atoms with Crippen molar-refractivity contribution in [2.75, 3.05) is 13.2 Å². The Labute approximate surface area is 119 Å². The monoisotopic (exact) mass is 286 g/mol. The molecule has 2 atom stereocenters. The molecule has 0 aromatic rings. The van der Waals surface area contributed by atoms with Crippen molar-refractivity contribution in [1.82, 2.24) is 10.6 Å². The van der Waals surface area contributed by atoms with Crippen LogP contribution in [0, 0.1) is 5.41 Å². The number of rotatable bonds is 6. The standard InChI is InChI=1S/C14H26N2O4/c1-10(8-17)15-12(19)14(6-4-3-5-7-14)13(20)16-11(2)9-18/h10-11,17-18H,3-9H2,1-2H3,(H,15,19)(H,16,20)/t10-,11-/m1/s1. The van der Waals surface area contributed by atoms with E-state index in [0.29, 0.717) is 12.8 Å². The summed E-state index contributed by atoms with van der Waals surface area (Å²) in [5.41, 5.74) is -1.06. The van der Waals surface area contributed by atoms with Gasteiger partial charge in [0.25, 0.3) is 0 Å². The number of carbonyl (C=O) groups is 2. The third-order valence-corrected chi connectivity index (χ3v) is 3.88. The highest BCUT2D eigenvalue weighted by molar-refractivity contribution is 6.05. The van der Waals surface area contributed by atoms with E-state index < -0.39 is 5.41 Å². The maximum Gasteiger partial charge on any atom is 0.235 e. The highest BCUT2D eigenvalue weighted by atomic mass is 16.3. The van der Waals surface area contributed by atoms with Gasteiger partial charge in [-0.25, -0.2) is 0 Å². The molecular weight excluding hydrogens is 260 g/mol. The average molecular weight is 286 g/mol. The summed E-state index contributed by atoms with van der Waals surface area (Å²) in [5, 5.41) is 23.5. The zero-order valence-corrected chi connectivity index (χ0v) is 12.3. The molecule has 6 nitrogen and oxygen atoms in total. The molecule has 1 aliphatic rings. The molecule has 20 heavy (non-hydrogen) atoms. The largest absolute Gasteiger partial charge is 0.394 e. The van der Waals surface area contributed by atoms with Crippen LogP contribution in [0.5, 0.6) is 0 Å². The van der Waals surface area contributed by atoms with Crippen LogP contribution in [0.3, 0.4) is 0 Å². The average Bonchev–Trinajstić information content (AvgIpc) is 2.47. The Morgan fingerprint density at radius 2 is 1.35 bits per heavy atom. The maximum atomic E-state index is 12.5. The topological polar surface area (TPSA) is 98.7 Å². The molecule has 0 unspecified atom stereocenters. The lowest BCUT2D eigenvalue weighted by Crippen LogP contribution is -2.56. The lowest BCUT2D eigenvalue weighted by Gasteiger charge is -2.35. The zero-order chi connectivity index (χ0) is 15.2. The van der Waals surface area contributed by atoms with Crippen LogP contribution in [0.4, 0.5) is 0 Å². The Balaban J connectivity index is 2.85. The highest BCUT2D eigenvalue weighted by Gasteiger charge is 2.46. The molecule has 1 saturated carbocycles. The summed E-state index contributed by atoms with van der Waals surface area (Å²) < 4.78 is 0. The number of hydrogen-bond acceptors (Lipinski definition) is 4. The van der Waals surface area contributed by atoms with Crippen molar-refractivity contribution in [1.29, 1.82) is 0 Å². The molecule has 6 heteroatoms. The fourth-order valence-corrected chi connectivity index (χ4v) is 2.53. The number of amides is 2. The van der Waals surface area contributed by atoms with E-state index in [9.17, 15) is 9.59 Å². The van der Waals surface area contributed by atoms with Crippen LogP contribution in [-0.4, -0.2) is 47.3 Å². The van der Waals surface area contributed by atoms with Crippen molar-refractivity contribution in [3.05, 3.63) is 0 Å². The molecular formula is C14H26N2O4. The number of hydrogen-bond donors (Lipinski definition) is 4. The van der Waals surface area contributed by atoms with Gasteiger partial charge in [0.15, 0.2) is 0 Å². The van der Waals surface area contributed by atoms with E-state index >= 15 is 0 Å². The summed E-state index contributed by atoms with van der Waals surface area (Å²) in [7, 11) is 0. The molecule has 0 bridgehead atoms. The molecule has 0 spiro atoms. The molecule has 2 amide bonds.